The molecule has 1 heteroatoms. The first kappa shape index (κ1) is 9.05. The van der Waals surface area contributed by atoms with Gasteiger partial charge in [0.1, 0.15) is 0 Å². The summed E-state index contributed by atoms with van der Waals surface area (Å²) in [7, 11) is 0. The minimum Gasteiger partial charge on any atom is -0.317 e. The summed E-state index contributed by atoms with van der Waals surface area (Å²) in [5.74, 6) is 1.92. The minimum atomic E-state index is 0.938. The Kier molecular flexibility index (Phi) is 3.92. The van der Waals surface area contributed by atoms with E-state index >= 15 is 0 Å². The Balaban J connectivity index is 2.29. The first-order valence-electron chi connectivity index (χ1n) is 5.03. The Morgan fingerprint density at radius 2 is 2.00 bits per heavy atom. The second-order valence-electron chi connectivity index (χ2n) is 3.94. The van der Waals surface area contributed by atoms with E-state index in [9.17, 15) is 0 Å². The molecule has 11 heavy (non-hydrogen) atoms. The van der Waals surface area contributed by atoms with Crippen LogP contribution in [-0.2, 0) is 0 Å². The van der Waals surface area contributed by atoms with Crippen molar-refractivity contribution in [2.75, 3.05) is 13.1 Å². The van der Waals surface area contributed by atoms with Gasteiger partial charge in [0.05, 0.1) is 0 Å². The smallest absolute Gasteiger partial charge is 0.00463 e. The molecule has 0 aromatic rings. The summed E-state index contributed by atoms with van der Waals surface area (Å²) in [5, 5.41) is 3.48. The van der Waals surface area contributed by atoms with Crippen molar-refractivity contribution in [1.29, 1.82) is 0 Å². The topological polar surface area (TPSA) is 12.0 Å². The predicted octanol–water partition coefficient (Wildman–Crippen LogP) is 2.42. The van der Waals surface area contributed by atoms with Crippen LogP contribution in [0.2, 0.25) is 0 Å². The summed E-state index contributed by atoms with van der Waals surface area (Å²) in [6, 6.07) is 0. The molecule has 2 unspecified atom stereocenters. The van der Waals surface area contributed by atoms with Gasteiger partial charge in [-0.2, -0.15) is 0 Å². The molecule has 1 saturated heterocycles. The Morgan fingerprint density at radius 1 is 1.27 bits per heavy atom. The normalized spacial score (nSPS) is 34.4. The Bertz CT molecular complexity index is 101. The highest BCUT2D eigenvalue weighted by Gasteiger charge is 2.13. The highest BCUT2D eigenvalue weighted by Crippen LogP contribution is 2.21. The van der Waals surface area contributed by atoms with Gasteiger partial charge in [-0.15, -0.1) is 0 Å². The standard InChI is InChI=1S/C10H21N/c1-3-10-5-7-11-6-4-9(2)8-10/h9-11H,3-8H2,1-2H3. The van der Waals surface area contributed by atoms with E-state index in [0.29, 0.717) is 0 Å². The maximum Gasteiger partial charge on any atom is -0.00463 e. The van der Waals surface area contributed by atoms with Crippen LogP contribution in [0.4, 0.5) is 0 Å². The molecule has 0 amide bonds. The van der Waals surface area contributed by atoms with E-state index in [-0.39, 0.29) is 0 Å². The van der Waals surface area contributed by atoms with Crippen LogP contribution in [-0.4, -0.2) is 13.1 Å². The third-order valence-corrected chi connectivity index (χ3v) is 2.86. The lowest BCUT2D eigenvalue weighted by Gasteiger charge is -2.23. The molecular formula is C10H21N. The second kappa shape index (κ2) is 4.76. The number of hydrogen-bond acceptors (Lipinski definition) is 1. The fourth-order valence-electron chi connectivity index (χ4n) is 1.96. The fraction of sp³-hybridized carbons (Fsp3) is 1.00. The van der Waals surface area contributed by atoms with E-state index in [0.717, 1.165) is 11.8 Å². The number of hydrogen-bond donors (Lipinski definition) is 1. The van der Waals surface area contributed by atoms with Gasteiger partial charge in [-0.3, -0.25) is 0 Å². The van der Waals surface area contributed by atoms with Crippen LogP contribution < -0.4 is 5.32 Å². The van der Waals surface area contributed by atoms with Gasteiger partial charge in [-0.1, -0.05) is 20.3 Å². The van der Waals surface area contributed by atoms with Gasteiger partial charge in [0.15, 0.2) is 0 Å². The Labute approximate surface area is 70.6 Å². The van der Waals surface area contributed by atoms with Crippen molar-refractivity contribution in [3.63, 3.8) is 0 Å². The van der Waals surface area contributed by atoms with Gasteiger partial charge in [0.25, 0.3) is 0 Å². The first-order valence-corrected chi connectivity index (χ1v) is 5.03. The molecule has 1 nitrogen and oxygen atoms in total. The zero-order valence-electron chi connectivity index (χ0n) is 7.90. The highest BCUT2D eigenvalue weighted by atomic mass is 14.8. The zero-order chi connectivity index (χ0) is 8.10. The van der Waals surface area contributed by atoms with E-state index in [4.69, 9.17) is 0 Å². The molecule has 1 aliphatic heterocycles. The van der Waals surface area contributed by atoms with Gasteiger partial charge in [-0.25, -0.2) is 0 Å². The van der Waals surface area contributed by atoms with Gasteiger partial charge in [0.2, 0.25) is 0 Å². The molecule has 0 aromatic heterocycles. The lowest BCUT2D eigenvalue weighted by atomic mass is 9.88. The lowest BCUT2D eigenvalue weighted by Crippen LogP contribution is -2.25. The van der Waals surface area contributed by atoms with Crippen LogP contribution >= 0.6 is 0 Å². The molecule has 0 saturated carbocycles. The first-order chi connectivity index (χ1) is 5.33. The molecule has 1 aliphatic rings. The summed E-state index contributed by atoms with van der Waals surface area (Å²) in [4.78, 5) is 0. The molecule has 1 heterocycles. The van der Waals surface area contributed by atoms with E-state index in [1.54, 1.807) is 0 Å². The van der Waals surface area contributed by atoms with E-state index in [1.165, 1.54) is 38.8 Å². The second-order valence-corrected chi connectivity index (χ2v) is 3.94. The zero-order valence-corrected chi connectivity index (χ0v) is 7.90. The van der Waals surface area contributed by atoms with E-state index in [2.05, 4.69) is 19.2 Å². The summed E-state index contributed by atoms with van der Waals surface area (Å²) in [5.41, 5.74) is 0. The minimum absolute atomic E-state index is 0.938. The van der Waals surface area contributed by atoms with Crippen molar-refractivity contribution >= 4 is 0 Å². The molecule has 0 radical (unpaired) electrons. The lowest BCUT2D eigenvalue weighted by molar-refractivity contribution is 0.314. The quantitative estimate of drug-likeness (QED) is 0.613. The van der Waals surface area contributed by atoms with Gasteiger partial charge in [-0.05, 0) is 44.2 Å². The van der Waals surface area contributed by atoms with Crippen molar-refractivity contribution in [2.45, 2.75) is 39.5 Å². The van der Waals surface area contributed by atoms with Crippen molar-refractivity contribution < 1.29 is 0 Å². The molecule has 0 bridgehead atoms. The van der Waals surface area contributed by atoms with Gasteiger partial charge >= 0.3 is 0 Å². The molecule has 1 rings (SSSR count). The highest BCUT2D eigenvalue weighted by molar-refractivity contribution is 4.68. The average Bonchev–Trinajstić information content (AvgIpc) is 1.96. The van der Waals surface area contributed by atoms with Gasteiger partial charge in [0, 0.05) is 0 Å². The molecular weight excluding hydrogens is 134 g/mol. The van der Waals surface area contributed by atoms with E-state index in [1.807, 2.05) is 0 Å². The van der Waals surface area contributed by atoms with E-state index < -0.39 is 0 Å². The van der Waals surface area contributed by atoms with Crippen LogP contribution in [0.3, 0.4) is 0 Å². The summed E-state index contributed by atoms with van der Waals surface area (Å²) in [6.07, 6.45) is 5.58. The SMILES string of the molecule is CCC1CCNCCC(C)C1. The molecule has 2 atom stereocenters. The maximum atomic E-state index is 3.48. The van der Waals surface area contributed by atoms with Crippen LogP contribution in [0.15, 0.2) is 0 Å². The average molecular weight is 155 g/mol. The van der Waals surface area contributed by atoms with Crippen LogP contribution in [0.25, 0.3) is 0 Å². The third kappa shape index (κ3) is 3.24. The van der Waals surface area contributed by atoms with Crippen molar-refractivity contribution in [3.8, 4) is 0 Å². The monoisotopic (exact) mass is 155 g/mol. The molecule has 66 valence electrons. The Morgan fingerprint density at radius 3 is 2.73 bits per heavy atom. The predicted molar refractivity (Wildman–Crippen MR) is 49.7 cm³/mol. The summed E-state index contributed by atoms with van der Waals surface area (Å²) < 4.78 is 0. The molecule has 0 aromatic carbocycles. The van der Waals surface area contributed by atoms with Crippen LogP contribution in [0.1, 0.15) is 39.5 Å². The molecule has 1 fully saturated rings. The Hall–Kier alpha value is -0.0400. The largest absolute Gasteiger partial charge is 0.317 e. The van der Waals surface area contributed by atoms with Crippen molar-refractivity contribution in [1.82, 2.24) is 5.32 Å². The fourth-order valence-corrected chi connectivity index (χ4v) is 1.96. The molecule has 0 spiro atoms. The third-order valence-electron chi connectivity index (χ3n) is 2.86. The molecule has 1 N–H and O–H groups in total. The summed E-state index contributed by atoms with van der Waals surface area (Å²) >= 11 is 0. The number of nitrogens with one attached hydrogen (secondary N) is 1. The van der Waals surface area contributed by atoms with Crippen molar-refractivity contribution in [3.05, 3.63) is 0 Å². The maximum absolute atomic E-state index is 3.48. The summed E-state index contributed by atoms with van der Waals surface area (Å²) in [6.45, 7) is 7.18. The molecule has 0 aliphatic carbocycles. The number of rotatable bonds is 1. The van der Waals surface area contributed by atoms with Crippen LogP contribution in [0, 0.1) is 11.8 Å². The van der Waals surface area contributed by atoms with Gasteiger partial charge < -0.3 is 5.32 Å². The van der Waals surface area contributed by atoms with Crippen molar-refractivity contribution in [2.24, 2.45) is 11.8 Å². The van der Waals surface area contributed by atoms with Crippen LogP contribution in [0.5, 0.6) is 0 Å².